The van der Waals surface area contributed by atoms with Crippen molar-refractivity contribution >= 4 is 15.9 Å². The maximum atomic E-state index is 6.40. The number of methoxy groups -OCH3 is 1. The summed E-state index contributed by atoms with van der Waals surface area (Å²) in [6.45, 7) is 0.782. The highest BCUT2D eigenvalue weighted by Crippen LogP contribution is 2.45. The molecule has 3 rings (SSSR count). The van der Waals surface area contributed by atoms with E-state index in [1.165, 1.54) is 19.3 Å². The Balaban J connectivity index is 1.89. The zero-order chi connectivity index (χ0) is 13.5. The topological polar surface area (TPSA) is 44.5 Å². The van der Waals surface area contributed by atoms with Crippen LogP contribution in [0.3, 0.4) is 0 Å². The molecule has 2 aliphatic rings. The van der Waals surface area contributed by atoms with Crippen molar-refractivity contribution in [1.29, 1.82) is 0 Å². The minimum Gasteiger partial charge on any atom is -0.492 e. The molecule has 3 nitrogen and oxygen atoms in total. The molecule has 0 bridgehead atoms. The Morgan fingerprint density at radius 2 is 2.11 bits per heavy atom. The van der Waals surface area contributed by atoms with Crippen LogP contribution in [0.4, 0.5) is 0 Å². The molecule has 1 aromatic carbocycles. The van der Waals surface area contributed by atoms with E-state index in [1.54, 1.807) is 7.11 Å². The minimum absolute atomic E-state index is 0.174. The summed E-state index contributed by atoms with van der Waals surface area (Å²) in [6, 6.07) is 4.13. The quantitative estimate of drug-likeness (QED) is 0.899. The van der Waals surface area contributed by atoms with E-state index in [0.29, 0.717) is 0 Å². The third-order valence-electron chi connectivity index (χ3n) is 4.21. The summed E-state index contributed by atoms with van der Waals surface area (Å²) in [5.74, 6) is 2.31. The summed E-state index contributed by atoms with van der Waals surface area (Å²) in [5.41, 5.74) is 7.38. The molecule has 0 unspecified atom stereocenters. The summed E-state index contributed by atoms with van der Waals surface area (Å²) in [6.07, 6.45) is 5.87. The van der Waals surface area contributed by atoms with Crippen molar-refractivity contribution in [2.75, 3.05) is 13.7 Å². The third-order valence-corrected chi connectivity index (χ3v) is 4.79. The van der Waals surface area contributed by atoms with Gasteiger partial charge in [-0.2, -0.15) is 0 Å². The number of hydrogen-bond donors (Lipinski definition) is 1. The molecule has 19 heavy (non-hydrogen) atoms. The molecule has 104 valence electrons. The number of benzene rings is 1. The van der Waals surface area contributed by atoms with Gasteiger partial charge in [-0.3, -0.25) is 0 Å². The lowest BCUT2D eigenvalue weighted by molar-refractivity contribution is 0.248. The monoisotopic (exact) mass is 325 g/mol. The van der Waals surface area contributed by atoms with E-state index < -0.39 is 0 Å². The lowest BCUT2D eigenvalue weighted by atomic mass is 9.73. The first-order valence-corrected chi connectivity index (χ1v) is 7.71. The number of halogens is 1. The van der Waals surface area contributed by atoms with E-state index in [4.69, 9.17) is 15.2 Å². The van der Waals surface area contributed by atoms with Crippen molar-refractivity contribution in [2.24, 2.45) is 11.7 Å². The number of ether oxygens (including phenoxy) is 2. The maximum absolute atomic E-state index is 6.40. The van der Waals surface area contributed by atoms with E-state index in [0.717, 1.165) is 46.9 Å². The molecule has 2 N–H and O–H groups in total. The van der Waals surface area contributed by atoms with Gasteiger partial charge in [0.05, 0.1) is 18.2 Å². The second kappa shape index (κ2) is 4.98. The van der Waals surface area contributed by atoms with Crippen LogP contribution < -0.4 is 15.2 Å². The molecule has 2 saturated carbocycles. The number of nitrogens with two attached hydrogens (primary N) is 1. The number of hydrogen-bond acceptors (Lipinski definition) is 3. The molecule has 0 aromatic heterocycles. The molecule has 0 radical (unpaired) electrons. The molecule has 0 spiro atoms. The standard InChI is InChI=1S/C15H20BrNO2/c1-18-14-12(16)7-11(15(17)5-2-6-15)8-13(14)19-9-10-3-4-10/h7-8,10H,2-6,9,17H2,1H3. The predicted molar refractivity (Wildman–Crippen MR) is 78.6 cm³/mol. The fourth-order valence-electron chi connectivity index (χ4n) is 2.50. The molecule has 0 saturated heterocycles. The van der Waals surface area contributed by atoms with Crippen molar-refractivity contribution in [2.45, 2.75) is 37.6 Å². The highest BCUT2D eigenvalue weighted by molar-refractivity contribution is 9.10. The van der Waals surface area contributed by atoms with Gasteiger partial charge < -0.3 is 15.2 Å². The van der Waals surface area contributed by atoms with Gasteiger partial charge in [0.15, 0.2) is 11.5 Å². The van der Waals surface area contributed by atoms with Crippen molar-refractivity contribution in [3.8, 4) is 11.5 Å². The van der Waals surface area contributed by atoms with E-state index in [9.17, 15) is 0 Å². The second-order valence-corrected chi connectivity index (χ2v) is 6.61. The SMILES string of the molecule is COc1c(Br)cc(C2(N)CCC2)cc1OCC1CC1. The van der Waals surface area contributed by atoms with E-state index in [2.05, 4.69) is 28.1 Å². The normalized spacial score (nSPS) is 20.8. The Hall–Kier alpha value is -0.740. The van der Waals surface area contributed by atoms with Gasteiger partial charge in [-0.25, -0.2) is 0 Å². The van der Waals surface area contributed by atoms with Crippen LogP contribution in [0.2, 0.25) is 0 Å². The summed E-state index contributed by atoms with van der Waals surface area (Å²) in [5, 5.41) is 0. The molecule has 0 aliphatic heterocycles. The Kier molecular flexibility index (Phi) is 3.48. The zero-order valence-corrected chi connectivity index (χ0v) is 12.8. The summed E-state index contributed by atoms with van der Waals surface area (Å²) < 4.78 is 12.3. The van der Waals surface area contributed by atoms with Gasteiger partial charge >= 0.3 is 0 Å². The predicted octanol–water partition coefficient (Wildman–Crippen LogP) is 3.58. The van der Waals surface area contributed by atoms with Gasteiger partial charge in [-0.05, 0) is 71.6 Å². The van der Waals surface area contributed by atoms with Crippen molar-refractivity contribution in [1.82, 2.24) is 0 Å². The average molecular weight is 326 g/mol. The van der Waals surface area contributed by atoms with Gasteiger partial charge in [-0.15, -0.1) is 0 Å². The lowest BCUT2D eigenvalue weighted by Gasteiger charge is -2.39. The summed E-state index contributed by atoms with van der Waals surface area (Å²) >= 11 is 3.57. The van der Waals surface area contributed by atoms with E-state index in [1.807, 2.05) is 0 Å². The molecule has 4 heteroatoms. The average Bonchev–Trinajstić information content (AvgIpc) is 3.16. The fraction of sp³-hybridized carbons (Fsp3) is 0.600. The Labute approximate surface area is 122 Å². The van der Waals surface area contributed by atoms with Gasteiger partial charge in [-0.1, -0.05) is 0 Å². The minimum atomic E-state index is -0.174. The second-order valence-electron chi connectivity index (χ2n) is 5.75. The van der Waals surface area contributed by atoms with Crippen LogP contribution in [-0.4, -0.2) is 13.7 Å². The van der Waals surface area contributed by atoms with Crippen LogP contribution in [0.5, 0.6) is 11.5 Å². The van der Waals surface area contributed by atoms with Gasteiger partial charge in [0, 0.05) is 5.54 Å². The van der Waals surface area contributed by atoms with Crippen molar-refractivity contribution in [3.63, 3.8) is 0 Å². The van der Waals surface area contributed by atoms with E-state index >= 15 is 0 Å². The molecular weight excluding hydrogens is 306 g/mol. The summed E-state index contributed by atoms with van der Waals surface area (Å²) in [4.78, 5) is 0. The molecular formula is C15H20BrNO2. The molecule has 0 amide bonds. The highest BCUT2D eigenvalue weighted by atomic mass is 79.9. The van der Waals surface area contributed by atoms with E-state index in [-0.39, 0.29) is 5.54 Å². The smallest absolute Gasteiger partial charge is 0.174 e. The van der Waals surface area contributed by atoms with Crippen LogP contribution in [0.25, 0.3) is 0 Å². The Morgan fingerprint density at radius 1 is 1.37 bits per heavy atom. The highest BCUT2D eigenvalue weighted by Gasteiger charge is 2.35. The Bertz CT molecular complexity index is 481. The van der Waals surface area contributed by atoms with Gasteiger partial charge in [0.1, 0.15) is 0 Å². The molecule has 2 fully saturated rings. The van der Waals surface area contributed by atoms with Crippen LogP contribution in [0.1, 0.15) is 37.7 Å². The first-order chi connectivity index (χ1) is 9.12. The lowest BCUT2D eigenvalue weighted by Crippen LogP contribution is -2.43. The zero-order valence-electron chi connectivity index (χ0n) is 11.2. The largest absolute Gasteiger partial charge is 0.492 e. The Morgan fingerprint density at radius 3 is 2.63 bits per heavy atom. The van der Waals surface area contributed by atoms with Crippen LogP contribution >= 0.6 is 15.9 Å². The van der Waals surface area contributed by atoms with Crippen molar-refractivity contribution < 1.29 is 9.47 Å². The first kappa shape index (κ1) is 13.3. The molecule has 1 aromatic rings. The van der Waals surface area contributed by atoms with Crippen LogP contribution in [0, 0.1) is 5.92 Å². The third kappa shape index (κ3) is 2.61. The first-order valence-electron chi connectivity index (χ1n) is 6.92. The van der Waals surface area contributed by atoms with Crippen LogP contribution in [-0.2, 0) is 5.54 Å². The fourth-order valence-corrected chi connectivity index (χ4v) is 3.10. The van der Waals surface area contributed by atoms with Crippen molar-refractivity contribution in [3.05, 3.63) is 22.2 Å². The van der Waals surface area contributed by atoms with Crippen LogP contribution in [0.15, 0.2) is 16.6 Å². The molecule has 2 aliphatic carbocycles. The molecule has 0 heterocycles. The van der Waals surface area contributed by atoms with Gasteiger partial charge in [0.2, 0.25) is 0 Å². The maximum Gasteiger partial charge on any atom is 0.174 e. The summed E-state index contributed by atoms with van der Waals surface area (Å²) in [7, 11) is 1.67. The van der Waals surface area contributed by atoms with Gasteiger partial charge in [0.25, 0.3) is 0 Å². The number of rotatable bonds is 5. The molecule has 0 atom stereocenters.